The van der Waals surface area contributed by atoms with Crippen LogP contribution in [0.4, 0.5) is 4.79 Å². The molecule has 4 rings (SSSR count). The van der Waals surface area contributed by atoms with E-state index in [9.17, 15) is 9.59 Å². The molecule has 2 N–H and O–H groups in total. The maximum absolute atomic E-state index is 13.4. The molecule has 0 saturated heterocycles. The Morgan fingerprint density at radius 1 is 1.00 bits per heavy atom. The van der Waals surface area contributed by atoms with E-state index in [1.54, 1.807) is 55.5 Å². The van der Waals surface area contributed by atoms with Crippen LogP contribution in [-0.4, -0.2) is 18.9 Å². The number of Topliss-reactive ketones (excluding diaryl/α,β-unsaturated/α-hetero) is 1. The molecule has 1 aliphatic heterocycles. The number of carbonyl (C=O) groups excluding carboxylic acids is 2. The van der Waals surface area contributed by atoms with Crippen LogP contribution >= 0.6 is 23.2 Å². The smallest absolute Gasteiger partial charge is 0.319 e. The van der Waals surface area contributed by atoms with E-state index in [0.717, 1.165) is 5.56 Å². The van der Waals surface area contributed by atoms with Gasteiger partial charge < -0.3 is 20.1 Å². The molecule has 1 heterocycles. The minimum absolute atomic E-state index is 0.218. The Hall–Kier alpha value is -3.48. The molecule has 0 unspecified atom stereocenters. The summed E-state index contributed by atoms with van der Waals surface area (Å²) < 4.78 is 11.5. The van der Waals surface area contributed by atoms with Crippen LogP contribution in [0.15, 0.2) is 78.0 Å². The van der Waals surface area contributed by atoms with Crippen molar-refractivity contribution in [1.82, 2.24) is 10.6 Å². The van der Waals surface area contributed by atoms with Gasteiger partial charge in [-0.15, -0.1) is 0 Å². The summed E-state index contributed by atoms with van der Waals surface area (Å²) in [7, 11) is 1.53. The van der Waals surface area contributed by atoms with Gasteiger partial charge in [0, 0.05) is 32.4 Å². The van der Waals surface area contributed by atoms with Gasteiger partial charge in [0.05, 0.1) is 13.2 Å². The molecule has 174 valence electrons. The van der Waals surface area contributed by atoms with E-state index >= 15 is 0 Å². The number of hydrogen-bond acceptors (Lipinski definition) is 4. The summed E-state index contributed by atoms with van der Waals surface area (Å²) in [5.41, 5.74) is 2.89. The van der Waals surface area contributed by atoms with E-state index in [-0.39, 0.29) is 12.4 Å². The van der Waals surface area contributed by atoms with Gasteiger partial charge in [-0.1, -0.05) is 47.5 Å². The van der Waals surface area contributed by atoms with Crippen molar-refractivity contribution in [2.24, 2.45) is 0 Å². The van der Waals surface area contributed by atoms with Gasteiger partial charge in [-0.2, -0.15) is 0 Å². The first kappa shape index (κ1) is 23.7. The summed E-state index contributed by atoms with van der Waals surface area (Å²) in [4.78, 5) is 25.6. The fourth-order valence-electron chi connectivity index (χ4n) is 3.76. The van der Waals surface area contributed by atoms with Crippen molar-refractivity contribution >= 4 is 35.0 Å². The Morgan fingerprint density at radius 2 is 1.74 bits per heavy atom. The second-order valence-corrected chi connectivity index (χ2v) is 8.54. The van der Waals surface area contributed by atoms with Gasteiger partial charge in [-0.25, -0.2) is 4.79 Å². The monoisotopic (exact) mass is 496 g/mol. The maximum Gasteiger partial charge on any atom is 0.319 e. The quantitative estimate of drug-likeness (QED) is 0.388. The van der Waals surface area contributed by atoms with Gasteiger partial charge in [0.2, 0.25) is 0 Å². The number of benzene rings is 3. The van der Waals surface area contributed by atoms with Gasteiger partial charge in [0.1, 0.15) is 6.61 Å². The summed E-state index contributed by atoms with van der Waals surface area (Å²) in [6, 6.07) is 18.3. The number of carbonyl (C=O) groups is 2. The number of hydrogen-bond donors (Lipinski definition) is 2. The van der Waals surface area contributed by atoms with E-state index < -0.39 is 12.1 Å². The van der Waals surface area contributed by atoms with Crippen LogP contribution in [0.2, 0.25) is 10.0 Å². The van der Waals surface area contributed by atoms with E-state index in [1.807, 2.05) is 18.2 Å². The Balaban J connectivity index is 1.65. The molecule has 8 heteroatoms. The van der Waals surface area contributed by atoms with Gasteiger partial charge in [0.15, 0.2) is 17.3 Å². The molecule has 3 aromatic carbocycles. The average molecular weight is 497 g/mol. The van der Waals surface area contributed by atoms with Crippen molar-refractivity contribution in [3.8, 4) is 11.5 Å². The van der Waals surface area contributed by atoms with Crippen molar-refractivity contribution in [1.29, 1.82) is 0 Å². The zero-order valence-corrected chi connectivity index (χ0v) is 20.0. The summed E-state index contributed by atoms with van der Waals surface area (Å²) in [6.45, 7) is 1.96. The van der Waals surface area contributed by atoms with Crippen molar-refractivity contribution in [2.45, 2.75) is 19.6 Å². The largest absolute Gasteiger partial charge is 0.493 e. The Labute approximate surface area is 207 Å². The molecule has 0 fully saturated rings. The molecule has 3 aromatic rings. The van der Waals surface area contributed by atoms with Crippen molar-refractivity contribution in [3.63, 3.8) is 0 Å². The molecular weight excluding hydrogens is 475 g/mol. The van der Waals surface area contributed by atoms with Crippen molar-refractivity contribution < 1.29 is 19.1 Å². The number of halogens is 2. The topological polar surface area (TPSA) is 76.7 Å². The first-order valence-corrected chi connectivity index (χ1v) is 11.3. The number of nitrogens with one attached hydrogen (secondary N) is 2. The second-order valence-electron chi connectivity index (χ2n) is 7.70. The molecule has 1 aliphatic rings. The third-order valence-corrected chi connectivity index (χ3v) is 6.10. The minimum atomic E-state index is -0.677. The standard InChI is InChI=1S/C26H22Cl2N2O4/c1-15-23(25(31)16-7-10-19(27)11-8-16)24(30-26(32)29-15)17-9-12-21(22(13-17)33-2)34-14-18-5-3-4-6-20(18)28/h3-13,24H,14H2,1-2H3,(H2,29,30,32)/t24-/m0/s1. The number of ketones is 1. The SMILES string of the molecule is COc1cc([C@@H]2NC(=O)NC(C)=C2C(=O)c2ccc(Cl)cc2)ccc1OCc1ccccc1Cl. The summed E-state index contributed by atoms with van der Waals surface area (Å²) in [5, 5.41) is 6.68. The molecule has 1 atom stereocenters. The first-order chi connectivity index (χ1) is 16.4. The predicted octanol–water partition coefficient (Wildman–Crippen LogP) is 6.09. The fraction of sp³-hybridized carbons (Fsp3) is 0.154. The van der Waals surface area contributed by atoms with E-state index in [1.165, 1.54) is 7.11 Å². The highest BCUT2D eigenvalue weighted by molar-refractivity contribution is 6.31. The third-order valence-electron chi connectivity index (χ3n) is 5.48. The van der Waals surface area contributed by atoms with Crippen LogP contribution in [0.1, 0.15) is 34.5 Å². The van der Waals surface area contributed by atoms with E-state index in [4.69, 9.17) is 32.7 Å². The average Bonchev–Trinajstić information content (AvgIpc) is 2.83. The Bertz CT molecular complexity index is 1270. The van der Waals surface area contributed by atoms with Gasteiger partial charge in [-0.3, -0.25) is 4.79 Å². The Kier molecular flexibility index (Phi) is 7.10. The van der Waals surface area contributed by atoms with Gasteiger partial charge in [-0.05, 0) is 55.0 Å². The molecule has 0 spiro atoms. The van der Waals surface area contributed by atoms with Crippen molar-refractivity contribution in [2.75, 3.05) is 7.11 Å². The molecule has 0 aromatic heterocycles. The highest BCUT2D eigenvalue weighted by atomic mass is 35.5. The summed E-state index contributed by atoms with van der Waals surface area (Å²) >= 11 is 12.2. The number of urea groups is 1. The van der Waals surface area contributed by atoms with Gasteiger partial charge >= 0.3 is 6.03 Å². The number of amides is 2. The third kappa shape index (κ3) is 5.03. The van der Waals surface area contributed by atoms with Crippen LogP contribution in [0.5, 0.6) is 11.5 Å². The second kappa shape index (κ2) is 10.2. The highest BCUT2D eigenvalue weighted by Crippen LogP contribution is 2.36. The molecular formula is C26H22Cl2N2O4. The zero-order valence-electron chi connectivity index (χ0n) is 18.5. The molecule has 0 radical (unpaired) electrons. The lowest BCUT2D eigenvalue weighted by Crippen LogP contribution is -2.45. The lowest BCUT2D eigenvalue weighted by molar-refractivity contribution is 0.102. The maximum atomic E-state index is 13.4. The highest BCUT2D eigenvalue weighted by Gasteiger charge is 2.32. The molecule has 0 aliphatic carbocycles. The lowest BCUT2D eigenvalue weighted by atomic mass is 9.89. The molecule has 0 saturated carbocycles. The number of allylic oxidation sites excluding steroid dienone is 1. The number of methoxy groups -OCH3 is 1. The zero-order chi connectivity index (χ0) is 24.2. The normalized spacial score (nSPS) is 15.4. The van der Waals surface area contributed by atoms with E-state index in [0.29, 0.717) is 43.9 Å². The van der Waals surface area contributed by atoms with Gasteiger partial charge in [0.25, 0.3) is 0 Å². The van der Waals surface area contributed by atoms with E-state index in [2.05, 4.69) is 10.6 Å². The molecule has 34 heavy (non-hydrogen) atoms. The molecule has 2 amide bonds. The number of ether oxygens (including phenoxy) is 2. The number of rotatable bonds is 7. The van der Waals surface area contributed by atoms with Crippen LogP contribution in [-0.2, 0) is 6.61 Å². The molecule has 0 bridgehead atoms. The van der Waals surface area contributed by atoms with Crippen LogP contribution < -0.4 is 20.1 Å². The minimum Gasteiger partial charge on any atom is -0.493 e. The summed E-state index contributed by atoms with van der Waals surface area (Å²) in [6.07, 6.45) is 0. The van der Waals surface area contributed by atoms with Crippen LogP contribution in [0.25, 0.3) is 0 Å². The van der Waals surface area contributed by atoms with Crippen LogP contribution in [0.3, 0.4) is 0 Å². The van der Waals surface area contributed by atoms with Crippen molar-refractivity contribution in [3.05, 3.63) is 105 Å². The molecule has 6 nitrogen and oxygen atoms in total. The summed E-state index contributed by atoms with van der Waals surface area (Å²) in [5.74, 6) is 0.760. The predicted molar refractivity (Wildman–Crippen MR) is 132 cm³/mol. The van der Waals surface area contributed by atoms with Crippen LogP contribution in [0, 0.1) is 0 Å². The lowest BCUT2D eigenvalue weighted by Gasteiger charge is -2.29. The fourth-order valence-corrected chi connectivity index (χ4v) is 4.07. The Morgan fingerprint density at radius 3 is 2.44 bits per heavy atom. The first-order valence-electron chi connectivity index (χ1n) is 10.5.